The predicted octanol–water partition coefficient (Wildman–Crippen LogP) is 3.95. The summed E-state index contributed by atoms with van der Waals surface area (Å²) in [4.78, 5) is 4.62. The van der Waals surface area contributed by atoms with E-state index in [-0.39, 0.29) is 22.5 Å². The Balaban J connectivity index is 0.000000248. The van der Waals surface area contributed by atoms with Gasteiger partial charge in [0.15, 0.2) is 5.90 Å². The Kier molecular flexibility index (Phi) is 7.45. The van der Waals surface area contributed by atoms with E-state index in [9.17, 15) is 8.42 Å². The number of aliphatic imine (C=N–C) groups is 1. The normalized spacial score (nSPS) is 15.6. The van der Waals surface area contributed by atoms with E-state index in [2.05, 4.69) is 57.0 Å². The molecule has 164 valence electrons. The van der Waals surface area contributed by atoms with Gasteiger partial charge < -0.3 is 9.84 Å². The van der Waals surface area contributed by atoms with Crippen molar-refractivity contribution >= 4 is 16.0 Å². The van der Waals surface area contributed by atoms with Crippen LogP contribution in [0, 0.1) is 6.92 Å². The fraction of sp³-hybridized carbons (Fsp3) is 0.435. The summed E-state index contributed by atoms with van der Waals surface area (Å²) in [5.74, 6) is 0.812. The minimum Gasteiger partial charge on any atom is -0.478 e. The topological polar surface area (TPSA) is 96.2 Å². The van der Waals surface area contributed by atoms with Gasteiger partial charge in [-0.05, 0) is 64.3 Å². The van der Waals surface area contributed by atoms with Crippen molar-refractivity contribution in [1.29, 1.82) is 0 Å². The highest BCUT2D eigenvalue weighted by molar-refractivity contribution is 7.85. The third-order valence-corrected chi connectivity index (χ3v) is 5.76. The zero-order valence-electron chi connectivity index (χ0n) is 18.2. The highest BCUT2D eigenvalue weighted by Crippen LogP contribution is 2.31. The second-order valence-corrected chi connectivity index (χ2v) is 10.0. The number of ether oxygens (including phenoxy) is 1. The van der Waals surface area contributed by atoms with Crippen LogP contribution in [0.15, 0.2) is 58.4 Å². The minimum absolute atomic E-state index is 0.0666. The highest BCUT2D eigenvalue weighted by Gasteiger charge is 2.36. The summed E-state index contributed by atoms with van der Waals surface area (Å²) in [7, 11) is -4.02. The van der Waals surface area contributed by atoms with Crippen LogP contribution in [0.4, 0.5) is 0 Å². The maximum atomic E-state index is 10.5. The Labute approximate surface area is 179 Å². The summed E-state index contributed by atoms with van der Waals surface area (Å²) < 4.78 is 35.3. The molecule has 1 aliphatic rings. The van der Waals surface area contributed by atoms with Crippen molar-refractivity contribution in [2.45, 2.75) is 56.9 Å². The molecule has 0 spiro atoms. The van der Waals surface area contributed by atoms with E-state index in [4.69, 9.17) is 14.4 Å². The maximum Gasteiger partial charge on any atom is 0.294 e. The smallest absolute Gasteiger partial charge is 0.294 e. The summed E-state index contributed by atoms with van der Waals surface area (Å²) >= 11 is 0. The molecule has 0 saturated carbocycles. The Hall–Kier alpha value is -2.22. The fourth-order valence-corrected chi connectivity index (χ4v) is 3.44. The van der Waals surface area contributed by atoms with Crippen LogP contribution in [0.5, 0.6) is 0 Å². The molecule has 0 aliphatic carbocycles. The van der Waals surface area contributed by atoms with Crippen molar-refractivity contribution in [2.24, 2.45) is 4.99 Å². The SMILES string of the molecule is CC1(C)COC(C(C)(C)c2ccc(CCO)cc2)=N1.Cc1ccc(S(=O)(=O)O)cc1. The molecule has 0 radical (unpaired) electrons. The number of aryl methyl sites for hydroxylation is 1. The zero-order chi connectivity index (χ0) is 22.6. The van der Waals surface area contributed by atoms with Crippen molar-refractivity contribution in [1.82, 2.24) is 0 Å². The van der Waals surface area contributed by atoms with Crippen LogP contribution in [0.25, 0.3) is 0 Å². The summed E-state index contributed by atoms with van der Waals surface area (Å²) in [5.41, 5.74) is 2.95. The van der Waals surface area contributed by atoms with Gasteiger partial charge in [-0.25, -0.2) is 4.99 Å². The number of rotatable bonds is 5. The molecule has 0 fully saturated rings. The van der Waals surface area contributed by atoms with Gasteiger partial charge in [0.05, 0.1) is 15.8 Å². The Morgan fingerprint density at radius 1 is 1.07 bits per heavy atom. The lowest BCUT2D eigenvalue weighted by atomic mass is 9.84. The van der Waals surface area contributed by atoms with Crippen molar-refractivity contribution < 1.29 is 22.8 Å². The van der Waals surface area contributed by atoms with Gasteiger partial charge in [-0.15, -0.1) is 0 Å². The molecule has 3 rings (SSSR count). The van der Waals surface area contributed by atoms with Gasteiger partial charge in [0.2, 0.25) is 0 Å². The molecule has 7 heteroatoms. The highest BCUT2D eigenvalue weighted by atomic mass is 32.2. The molecule has 0 bridgehead atoms. The summed E-state index contributed by atoms with van der Waals surface area (Å²) in [6.07, 6.45) is 0.700. The average molecular weight is 434 g/mol. The third-order valence-electron chi connectivity index (χ3n) is 4.90. The van der Waals surface area contributed by atoms with Gasteiger partial charge in [0.25, 0.3) is 10.1 Å². The second-order valence-electron chi connectivity index (χ2n) is 8.60. The van der Waals surface area contributed by atoms with E-state index in [1.807, 2.05) is 6.92 Å². The molecule has 2 aromatic rings. The molecular formula is C23H31NO5S. The molecule has 1 heterocycles. The molecule has 0 saturated heterocycles. The van der Waals surface area contributed by atoms with Crippen molar-refractivity contribution in [3.8, 4) is 0 Å². The molecule has 0 unspecified atom stereocenters. The lowest BCUT2D eigenvalue weighted by Gasteiger charge is -2.24. The predicted molar refractivity (Wildman–Crippen MR) is 119 cm³/mol. The van der Waals surface area contributed by atoms with E-state index in [1.54, 1.807) is 12.1 Å². The van der Waals surface area contributed by atoms with E-state index in [0.717, 1.165) is 17.0 Å². The van der Waals surface area contributed by atoms with Crippen LogP contribution in [-0.4, -0.2) is 42.7 Å². The van der Waals surface area contributed by atoms with Gasteiger partial charge >= 0.3 is 0 Å². The van der Waals surface area contributed by atoms with Gasteiger partial charge in [0, 0.05) is 6.61 Å². The van der Waals surface area contributed by atoms with Crippen molar-refractivity contribution in [3.05, 3.63) is 65.2 Å². The monoisotopic (exact) mass is 433 g/mol. The molecule has 0 amide bonds. The Bertz CT molecular complexity index is 975. The first-order chi connectivity index (χ1) is 13.8. The van der Waals surface area contributed by atoms with Crippen molar-refractivity contribution in [2.75, 3.05) is 13.2 Å². The molecule has 1 aliphatic heterocycles. The van der Waals surface area contributed by atoms with E-state index in [1.165, 1.54) is 17.7 Å². The summed E-state index contributed by atoms with van der Waals surface area (Å²) in [6.45, 7) is 11.1. The Morgan fingerprint density at radius 3 is 2.07 bits per heavy atom. The van der Waals surface area contributed by atoms with Crippen molar-refractivity contribution in [3.63, 3.8) is 0 Å². The molecule has 0 aromatic heterocycles. The molecule has 2 N–H and O–H groups in total. The number of hydrogen-bond acceptors (Lipinski definition) is 5. The van der Waals surface area contributed by atoms with Gasteiger partial charge in [-0.2, -0.15) is 8.42 Å². The lowest BCUT2D eigenvalue weighted by molar-refractivity contribution is 0.263. The first kappa shape index (κ1) is 24.1. The van der Waals surface area contributed by atoms with E-state index < -0.39 is 10.1 Å². The number of aliphatic hydroxyl groups excluding tert-OH is 1. The Morgan fingerprint density at radius 2 is 1.63 bits per heavy atom. The average Bonchev–Trinajstić information content (AvgIpc) is 3.03. The largest absolute Gasteiger partial charge is 0.478 e. The van der Waals surface area contributed by atoms with Crippen LogP contribution >= 0.6 is 0 Å². The number of nitrogens with zero attached hydrogens (tertiary/aromatic N) is 1. The number of aliphatic hydroxyl groups is 1. The maximum absolute atomic E-state index is 10.5. The molecule has 6 nitrogen and oxygen atoms in total. The first-order valence-electron chi connectivity index (χ1n) is 9.83. The molecule has 30 heavy (non-hydrogen) atoms. The molecular weight excluding hydrogens is 402 g/mol. The van der Waals surface area contributed by atoms with Gasteiger partial charge in [0.1, 0.15) is 6.61 Å². The minimum atomic E-state index is -4.02. The molecule has 2 aromatic carbocycles. The zero-order valence-corrected chi connectivity index (χ0v) is 19.0. The lowest BCUT2D eigenvalue weighted by Crippen LogP contribution is -2.29. The number of hydrogen-bond donors (Lipinski definition) is 2. The standard InChI is InChI=1S/C16H23NO2.C7H8O3S/c1-15(2)11-19-14(17-15)16(3,4)13-7-5-12(6-8-13)9-10-18;1-6-2-4-7(5-3-6)11(8,9)10/h5-8,18H,9-11H2,1-4H3;2-5H,1H3,(H,8,9,10). The summed E-state index contributed by atoms with van der Waals surface area (Å²) in [6, 6.07) is 14.3. The van der Waals surface area contributed by atoms with E-state index >= 15 is 0 Å². The van der Waals surface area contributed by atoms with E-state index in [0.29, 0.717) is 13.0 Å². The second kappa shape index (κ2) is 9.29. The fourth-order valence-electron chi connectivity index (χ4n) is 2.96. The van der Waals surface area contributed by atoms with Crippen LogP contribution < -0.4 is 0 Å². The molecule has 0 atom stereocenters. The number of benzene rings is 2. The van der Waals surface area contributed by atoms with Crippen LogP contribution in [0.1, 0.15) is 44.4 Å². The van der Waals surface area contributed by atoms with Gasteiger partial charge in [-0.3, -0.25) is 4.55 Å². The summed E-state index contributed by atoms with van der Waals surface area (Å²) in [5, 5.41) is 8.94. The van der Waals surface area contributed by atoms with Crippen LogP contribution in [-0.2, 0) is 26.7 Å². The third kappa shape index (κ3) is 6.39. The van der Waals surface area contributed by atoms with Crippen LogP contribution in [0.2, 0.25) is 0 Å². The van der Waals surface area contributed by atoms with Gasteiger partial charge in [-0.1, -0.05) is 42.0 Å². The quantitative estimate of drug-likeness (QED) is 0.696. The van der Waals surface area contributed by atoms with Crippen LogP contribution in [0.3, 0.4) is 0 Å². The first-order valence-corrected chi connectivity index (χ1v) is 11.3.